The Morgan fingerprint density at radius 3 is 3.00 bits per heavy atom. The Labute approximate surface area is 122 Å². The summed E-state index contributed by atoms with van der Waals surface area (Å²) in [7, 11) is 0. The van der Waals surface area contributed by atoms with Crippen molar-refractivity contribution in [2.45, 2.75) is 25.9 Å². The van der Waals surface area contributed by atoms with Gasteiger partial charge in [-0.3, -0.25) is 4.79 Å². The number of morpholine rings is 1. The van der Waals surface area contributed by atoms with Gasteiger partial charge in [0, 0.05) is 18.7 Å². The molecule has 7 nitrogen and oxygen atoms in total. The molecule has 20 heavy (non-hydrogen) atoms. The van der Waals surface area contributed by atoms with E-state index < -0.39 is 6.04 Å². The summed E-state index contributed by atoms with van der Waals surface area (Å²) in [6, 6.07) is 1.21. The molecule has 1 aromatic heterocycles. The Hall–Kier alpha value is -1.60. The average Bonchev–Trinajstić information content (AvgIpc) is 2.36. The highest BCUT2D eigenvalue weighted by molar-refractivity contribution is 6.29. The number of carbonyl (C=O) groups excluding carboxylic acids is 1. The summed E-state index contributed by atoms with van der Waals surface area (Å²) >= 11 is 5.89. The molecule has 0 bridgehead atoms. The number of aromatic nitrogens is 2. The lowest BCUT2D eigenvalue weighted by atomic mass is 10.2. The van der Waals surface area contributed by atoms with Gasteiger partial charge in [-0.2, -0.15) is 4.98 Å². The van der Waals surface area contributed by atoms with Gasteiger partial charge in [0.2, 0.25) is 11.9 Å². The van der Waals surface area contributed by atoms with Gasteiger partial charge in [-0.05, 0) is 13.8 Å². The highest BCUT2D eigenvalue weighted by Crippen LogP contribution is 2.21. The van der Waals surface area contributed by atoms with Crippen LogP contribution in [0.4, 0.5) is 11.8 Å². The lowest BCUT2D eigenvalue weighted by Gasteiger charge is -2.35. The molecule has 0 spiro atoms. The van der Waals surface area contributed by atoms with Gasteiger partial charge >= 0.3 is 0 Å². The van der Waals surface area contributed by atoms with Crippen LogP contribution in [0, 0.1) is 0 Å². The van der Waals surface area contributed by atoms with E-state index in [1.165, 1.54) is 0 Å². The van der Waals surface area contributed by atoms with Crippen LogP contribution < -0.4 is 16.0 Å². The highest BCUT2D eigenvalue weighted by atomic mass is 35.5. The molecule has 0 saturated carbocycles. The van der Waals surface area contributed by atoms with Crippen LogP contribution in [-0.2, 0) is 9.53 Å². The molecule has 0 aliphatic carbocycles. The second-order valence-electron chi connectivity index (χ2n) is 4.85. The minimum atomic E-state index is -0.448. The largest absolute Gasteiger partial charge is 0.377 e. The molecule has 1 aromatic rings. The second kappa shape index (κ2) is 6.23. The van der Waals surface area contributed by atoms with Crippen molar-refractivity contribution in [3.05, 3.63) is 11.2 Å². The zero-order valence-electron chi connectivity index (χ0n) is 11.5. The van der Waals surface area contributed by atoms with E-state index in [2.05, 4.69) is 15.3 Å². The first-order valence-corrected chi connectivity index (χ1v) is 6.80. The fourth-order valence-corrected chi connectivity index (χ4v) is 2.23. The first kappa shape index (κ1) is 14.8. The van der Waals surface area contributed by atoms with E-state index in [4.69, 9.17) is 22.1 Å². The smallest absolute Gasteiger partial charge is 0.245 e. The van der Waals surface area contributed by atoms with Crippen molar-refractivity contribution in [2.24, 2.45) is 0 Å². The number of rotatable bonds is 3. The normalized spacial score (nSPS) is 19.2. The maximum atomic E-state index is 12.2. The van der Waals surface area contributed by atoms with Crippen LogP contribution in [0.25, 0.3) is 0 Å². The standard InChI is InChI=1S/C12H18ClN5O2/c1-7(2)15-11(19)8-6-20-4-3-18(8)10-5-9(13)16-12(14)17-10/h5,7-8H,3-4,6H2,1-2H3,(H,15,19)(H2,14,16,17). The summed E-state index contributed by atoms with van der Waals surface area (Å²) in [4.78, 5) is 22.0. The van der Waals surface area contributed by atoms with Crippen LogP contribution >= 0.6 is 11.6 Å². The van der Waals surface area contributed by atoms with Crippen molar-refractivity contribution >= 4 is 29.3 Å². The second-order valence-corrected chi connectivity index (χ2v) is 5.24. The third kappa shape index (κ3) is 3.49. The van der Waals surface area contributed by atoms with Crippen molar-refractivity contribution in [3.8, 4) is 0 Å². The fraction of sp³-hybridized carbons (Fsp3) is 0.583. The van der Waals surface area contributed by atoms with Gasteiger partial charge in [-0.15, -0.1) is 0 Å². The Kier molecular flexibility index (Phi) is 4.61. The molecule has 0 radical (unpaired) electrons. The average molecular weight is 300 g/mol. The van der Waals surface area contributed by atoms with Gasteiger partial charge in [-0.1, -0.05) is 11.6 Å². The molecular formula is C12H18ClN5O2. The van der Waals surface area contributed by atoms with Crippen molar-refractivity contribution in [3.63, 3.8) is 0 Å². The first-order chi connectivity index (χ1) is 9.47. The third-order valence-corrected chi connectivity index (χ3v) is 3.05. The molecule has 0 aromatic carbocycles. The summed E-state index contributed by atoms with van der Waals surface area (Å²) in [5.74, 6) is 0.518. The van der Waals surface area contributed by atoms with E-state index in [0.29, 0.717) is 25.6 Å². The third-order valence-electron chi connectivity index (χ3n) is 2.85. The van der Waals surface area contributed by atoms with E-state index >= 15 is 0 Å². The van der Waals surface area contributed by atoms with E-state index in [1.54, 1.807) is 6.07 Å². The number of hydrogen-bond donors (Lipinski definition) is 2. The predicted octanol–water partition coefficient (Wildman–Crippen LogP) is 0.442. The van der Waals surface area contributed by atoms with Crippen LogP contribution in [0.3, 0.4) is 0 Å². The number of ether oxygens (including phenoxy) is 1. The summed E-state index contributed by atoms with van der Waals surface area (Å²) in [6.45, 7) is 5.19. The minimum absolute atomic E-state index is 0.0605. The monoisotopic (exact) mass is 299 g/mol. The molecule has 1 aliphatic rings. The molecule has 3 N–H and O–H groups in total. The predicted molar refractivity (Wildman–Crippen MR) is 76.7 cm³/mol. The van der Waals surface area contributed by atoms with Gasteiger partial charge in [0.05, 0.1) is 13.2 Å². The minimum Gasteiger partial charge on any atom is -0.377 e. The highest BCUT2D eigenvalue weighted by Gasteiger charge is 2.31. The van der Waals surface area contributed by atoms with Crippen LogP contribution in [0.1, 0.15) is 13.8 Å². The van der Waals surface area contributed by atoms with Gasteiger partial charge in [0.15, 0.2) is 0 Å². The molecule has 8 heteroatoms. The van der Waals surface area contributed by atoms with Crippen LogP contribution in [0.5, 0.6) is 0 Å². The molecular weight excluding hydrogens is 282 g/mol. The lowest BCUT2D eigenvalue weighted by molar-refractivity contribution is -0.125. The van der Waals surface area contributed by atoms with E-state index in [9.17, 15) is 4.79 Å². The van der Waals surface area contributed by atoms with Crippen molar-refractivity contribution in [2.75, 3.05) is 30.4 Å². The fourth-order valence-electron chi connectivity index (χ4n) is 2.05. The Balaban J connectivity index is 2.24. The number of halogens is 1. The van der Waals surface area contributed by atoms with Crippen molar-refractivity contribution in [1.82, 2.24) is 15.3 Å². The molecule has 110 valence electrons. The zero-order chi connectivity index (χ0) is 14.7. The maximum Gasteiger partial charge on any atom is 0.245 e. The molecule has 1 fully saturated rings. The quantitative estimate of drug-likeness (QED) is 0.787. The van der Waals surface area contributed by atoms with Gasteiger partial charge < -0.3 is 20.7 Å². The number of hydrogen-bond acceptors (Lipinski definition) is 6. The molecule has 1 saturated heterocycles. The summed E-state index contributed by atoms with van der Waals surface area (Å²) in [5.41, 5.74) is 5.60. The van der Waals surface area contributed by atoms with Crippen LogP contribution in [-0.4, -0.2) is 47.7 Å². The molecule has 1 aliphatic heterocycles. The Morgan fingerprint density at radius 1 is 1.60 bits per heavy atom. The van der Waals surface area contributed by atoms with Gasteiger partial charge in [-0.25, -0.2) is 4.98 Å². The van der Waals surface area contributed by atoms with E-state index in [0.717, 1.165) is 0 Å². The molecule has 1 unspecified atom stereocenters. The SMILES string of the molecule is CC(C)NC(=O)C1COCCN1c1cc(Cl)nc(N)n1. The summed E-state index contributed by atoms with van der Waals surface area (Å²) in [5, 5.41) is 3.13. The van der Waals surface area contributed by atoms with Crippen LogP contribution in [0.2, 0.25) is 5.15 Å². The number of carbonyl (C=O) groups is 1. The number of anilines is 2. The van der Waals surface area contributed by atoms with Crippen molar-refractivity contribution in [1.29, 1.82) is 0 Å². The van der Waals surface area contributed by atoms with Gasteiger partial charge in [0.1, 0.15) is 17.0 Å². The summed E-state index contributed by atoms with van der Waals surface area (Å²) < 4.78 is 5.39. The number of amides is 1. The molecule has 1 amide bonds. The zero-order valence-corrected chi connectivity index (χ0v) is 12.2. The molecule has 1 atom stereocenters. The molecule has 2 heterocycles. The topological polar surface area (TPSA) is 93.4 Å². The lowest BCUT2D eigenvalue weighted by Crippen LogP contribution is -2.55. The number of nitrogens with two attached hydrogens (primary N) is 1. The maximum absolute atomic E-state index is 12.2. The Morgan fingerprint density at radius 2 is 2.35 bits per heavy atom. The number of nitrogens with one attached hydrogen (secondary N) is 1. The van der Waals surface area contributed by atoms with E-state index in [1.807, 2.05) is 18.7 Å². The number of nitrogens with zero attached hydrogens (tertiary/aromatic N) is 3. The molecule has 2 rings (SSSR count). The van der Waals surface area contributed by atoms with Crippen molar-refractivity contribution < 1.29 is 9.53 Å². The Bertz CT molecular complexity index is 476. The first-order valence-electron chi connectivity index (χ1n) is 6.42. The van der Waals surface area contributed by atoms with Gasteiger partial charge in [0.25, 0.3) is 0 Å². The van der Waals surface area contributed by atoms with Crippen LogP contribution in [0.15, 0.2) is 6.07 Å². The number of nitrogen functional groups attached to an aromatic ring is 1. The van der Waals surface area contributed by atoms with E-state index in [-0.39, 0.29) is 23.1 Å². The summed E-state index contributed by atoms with van der Waals surface area (Å²) in [6.07, 6.45) is 0.